The number of aromatic nitrogens is 3. The molecule has 1 fully saturated rings. The molecule has 1 saturated heterocycles. The predicted octanol–water partition coefficient (Wildman–Crippen LogP) is 1.36. The molecule has 2 aromatic rings. The maximum atomic E-state index is 12.2. The number of thiazole rings is 1. The van der Waals surface area contributed by atoms with Crippen LogP contribution in [0.15, 0.2) is 23.3 Å². The van der Waals surface area contributed by atoms with Gasteiger partial charge in [-0.05, 0) is 12.8 Å². The Kier molecular flexibility index (Phi) is 5.24. The van der Waals surface area contributed by atoms with Crippen molar-refractivity contribution in [3.63, 3.8) is 0 Å². The second-order valence-corrected chi connectivity index (χ2v) is 6.76. The number of hydrogen-bond acceptors (Lipinski definition) is 5. The fraction of sp³-hybridized carbons (Fsp3) is 0.500. The summed E-state index contributed by atoms with van der Waals surface area (Å²) in [5, 5.41) is 2.03. The minimum Gasteiger partial charge on any atom is -0.370 e. The molecule has 2 amide bonds. The highest BCUT2D eigenvalue weighted by atomic mass is 32.1. The number of likely N-dealkylation sites (tertiary alicyclic amines) is 1. The van der Waals surface area contributed by atoms with E-state index in [9.17, 15) is 9.59 Å². The lowest BCUT2D eigenvalue weighted by atomic mass is 9.96. The van der Waals surface area contributed by atoms with Crippen LogP contribution in [0.1, 0.15) is 43.1 Å². The molecule has 0 radical (unpaired) electrons. The summed E-state index contributed by atoms with van der Waals surface area (Å²) >= 11 is 1.58. The van der Waals surface area contributed by atoms with Crippen molar-refractivity contribution in [2.24, 2.45) is 5.73 Å². The highest BCUT2D eigenvalue weighted by Gasteiger charge is 2.27. The van der Waals surface area contributed by atoms with Crippen LogP contribution >= 0.6 is 11.3 Å². The van der Waals surface area contributed by atoms with Gasteiger partial charge >= 0.3 is 0 Å². The van der Waals surface area contributed by atoms with Crippen molar-refractivity contribution in [1.29, 1.82) is 0 Å². The lowest BCUT2D eigenvalue weighted by Crippen LogP contribution is -2.40. The molecule has 2 aromatic heterocycles. The van der Waals surface area contributed by atoms with Crippen molar-refractivity contribution in [2.75, 3.05) is 13.1 Å². The zero-order chi connectivity index (χ0) is 16.9. The fourth-order valence-corrected chi connectivity index (χ4v) is 3.66. The van der Waals surface area contributed by atoms with Gasteiger partial charge in [0.1, 0.15) is 5.82 Å². The Bertz CT molecular complexity index is 697. The molecule has 0 saturated carbocycles. The summed E-state index contributed by atoms with van der Waals surface area (Å²) < 4.78 is 2.11. The highest BCUT2D eigenvalue weighted by Crippen LogP contribution is 2.26. The molecular weight excluding hydrogens is 326 g/mol. The first-order chi connectivity index (χ1) is 11.6. The van der Waals surface area contributed by atoms with Crippen LogP contribution in [0.3, 0.4) is 0 Å². The maximum Gasteiger partial charge on any atom is 0.223 e. The number of carbonyl (C=O) groups is 2. The van der Waals surface area contributed by atoms with E-state index < -0.39 is 5.91 Å². The minimum absolute atomic E-state index is 0.00360. The standard InChI is InChI=1S/C16H21N5O2S/c17-14(22)3-4-15(23)20-6-1-2-12(8-20)16-18-5-7-21(16)9-13-10-24-11-19-13/h5,7,10-12H,1-4,6,8-9H2,(H2,17,22). The van der Waals surface area contributed by atoms with E-state index in [0.29, 0.717) is 13.1 Å². The summed E-state index contributed by atoms with van der Waals surface area (Å²) in [6.07, 6.45) is 6.01. The van der Waals surface area contributed by atoms with Crippen molar-refractivity contribution >= 4 is 23.2 Å². The molecule has 0 bridgehead atoms. The van der Waals surface area contributed by atoms with Crippen molar-refractivity contribution in [2.45, 2.75) is 38.1 Å². The normalized spacial score (nSPS) is 17.8. The molecule has 1 aliphatic rings. The summed E-state index contributed by atoms with van der Waals surface area (Å²) in [7, 11) is 0. The van der Waals surface area contributed by atoms with E-state index in [2.05, 4.69) is 14.5 Å². The summed E-state index contributed by atoms with van der Waals surface area (Å²) in [5.74, 6) is 0.770. The number of piperidine rings is 1. The quantitative estimate of drug-likeness (QED) is 0.853. The van der Waals surface area contributed by atoms with Crippen LogP contribution in [0.5, 0.6) is 0 Å². The molecule has 1 unspecified atom stereocenters. The van der Waals surface area contributed by atoms with Gasteiger partial charge in [0.25, 0.3) is 0 Å². The number of amides is 2. The van der Waals surface area contributed by atoms with Gasteiger partial charge in [-0.3, -0.25) is 9.59 Å². The second-order valence-electron chi connectivity index (χ2n) is 6.04. The van der Waals surface area contributed by atoms with E-state index in [-0.39, 0.29) is 24.7 Å². The van der Waals surface area contributed by atoms with Gasteiger partial charge < -0.3 is 15.2 Å². The van der Waals surface area contributed by atoms with Crippen molar-refractivity contribution < 1.29 is 9.59 Å². The number of nitrogens with zero attached hydrogens (tertiary/aromatic N) is 4. The number of imidazole rings is 1. The zero-order valence-electron chi connectivity index (χ0n) is 13.4. The van der Waals surface area contributed by atoms with Gasteiger partial charge in [-0.25, -0.2) is 9.97 Å². The Morgan fingerprint density at radius 2 is 2.21 bits per heavy atom. The summed E-state index contributed by atoms with van der Waals surface area (Å²) in [4.78, 5) is 33.8. The molecule has 8 heteroatoms. The Morgan fingerprint density at radius 1 is 1.33 bits per heavy atom. The Morgan fingerprint density at radius 3 is 2.96 bits per heavy atom. The molecule has 24 heavy (non-hydrogen) atoms. The zero-order valence-corrected chi connectivity index (χ0v) is 14.2. The molecule has 0 aliphatic carbocycles. The van der Waals surface area contributed by atoms with E-state index in [1.807, 2.05) is 22.0 Å². The van der Waals surface area contributed by atoms with Gasteiger partial charge in [0.05, 0.1) is 17.7 Å². The average molecular weight is 347 g/mol. The van der Waals surface area contributed by atoms with Crippen LogP contribution in [-0.2, 0) is 16.1 Å². The van der Waals surface area contributed by atoms with Crippen LogP contribution in [0.4, 0.5) is 0 Å². The third-order valence-corrected chi connectivity index (χ3v) is 4.92. The Hall–Kier alpha value is -2.22. The van der Waals surface area contributed by atoms with Crippen LogP contribution in [-0.4, -0.2) is 44.3 Å². The SMILES string of the molecule is NC(=O)CCC(=O)N1CCCC(c2nccn2Cc2cscn2)C1. The first-order valence-electron chi connectivity index (χ1n) is 8.07. The molecule has 1 atom stereocenters. The van der Waals surface area contributed by atoms with Crippen LogP contribution < -0.4 is 5.73 Å². The first-order valence-corrected chi connectivity index (χ1v) is 9.02. The number of carbonyl (C=O) groups excluding carboxylic acids is 2. The summed E-state index contributed by atoms with van der Waals surface area (Å²) in [6.45, 7) is 2.08. The molecular formula is C16H21N5O2S. The van der Waals surface area contributed by atoms with Crippen molar-refractivity contribution in [1.82, 2.24) is 19.4 Å². The van der Waals surface area contributed by atoms with E-state index in [0.717, 1.165) is 30.9 Å². The van der Waals surface area contributed by atoms with Gasteiger partial charge in [0, 0.05) is 49.6 Å². The Balaban J connectivity index is 1.66. The molecule has 128 valence electrons. The summed E-state index contributed by atoms with van der Waals surface area (Å²) in [6, 6.07) is 0. The number of primary amides is 1. The largest absolute Gasteiger partial charge is 0.370 e. The molecule has 1 aliphatic heterocycles. The van der Waals surface area contributed by atoms with Gasteiger partial charge in [-0.2, -0.15) is 0 Å². The van der Waals surface area contributed by atoms with E-state index in [1.165, 1.54) is 0 Å². The molecule has 3 rings (SSSR count). The van der Waals surface area contributed by atoms with Crippen LogP contribution in [0.25, 0.3) is 0 Å². The van der Waals surface area contributed by atoms with Crippen molar-refractivity contribution in [3.05, 3.63) is 34.8 Å². The Labute approximate surface area is 144 Å². The third kappa shape index (κ3) is 4.00. The molecule has 0 aromatic carbocycles. The van der Waals surface area contributed by atoms with Crippen LogP contribution in [0.2, 0.25) is 0 Å². The number of rotatable bonds is 6. The van der Waals surface area contributed by atoms with Gasteiger partial charge in [0.2, 0.25) is 11.8 Å². The topological polar surface area (TPSA) is 94.1 Å². The number of hydrogen-bond donors (Lipinski definition) is 1. The van der Waals surface area contributed by atoms with E-state index in [1.54, 1.807) is 17.5 Å². The monoisotopic (exact) mass is 347 g/mol. The molecule has 7 nitrogen and oxygen atoms in total. The van der Waals surface area contributed by atoms with Gasteiger partial charge in [0.15, 0.2) is 0 Å². The second kappa shape index (κ2) is 7.57. The van der Waals surface area contributed by atoms with Gasteiger partial charge in [-0.1, -0.05) is 0 Å². The first kappa shape index (κ1) is 16.6. The lowest BCUT2D eigenvalue weighted by molar-refractivity contribution is -0.134. The van der Waals surface area contributed by atoms with E-state index in [4.69, 9.17) is 5.73 Å². The van der Waals surface area contributed by atoms with E-state index >= 15 is 0 Å². The molecule has 2 N–H and O–H groups in total. The number of nitrogens with two attached hydrogens (primary N) is 1. The summed E-state index contributed by atoms with van der Waals surface area (Å²) in [5.41, 5.74) is 7.97. The molecule has 0 spiro atoms. The van der Waals surface area contributed by atoms with Crippen LogP contribution in [0, 0.1) is 0 Å². The average Bonchev–Trinajstić information content (AvgIpc) is 3.25. The minimum atomic E-state index is -0.435. The van der Waals surface area contributed by atoms with Crippen molar-refractivity contribution in [3.8, 4) is 0 Å². The smallest absolute Gasteiger partial charge is 0.223 e. The predicted molar refractivity (Wildman–Crippen MR) is 90.4 cm³/mol. The molecule has 3 heterocycles. The maximum absolute atomic E-state index is 12.2. The lowest BCUT2D eigenvalue weighted by Gasteiger charge is -2.32. The van der Waals surface area contributed by atoms with Gasteiger partial charge in [-0.15, -0.1) is 11.3 Å². The third-order valence-electron chi connectivity index (χ3n) is 4.29. The fourth-order valence-electron chi connectivity index (χ4n) is 3.11. The highest BCUT2D eigenvalue weighted by molar-refractivity contribution is 7.07.